The Morgan fingerprint density at radius 3 is 2.60 bits per heavy atom. The van der Waals surface area contributed by atoms with Gasteiger partial charge in [-0.15, -0.1) is 0 Å². The third-order valence-corrected chi connectivity index (χ3v) is 3.03. The monoisotopic (exact) mass is 222 g/mol. The Morgan fingerprint density at radius 2 is 1.93 bits per heavy atom. The van der Waals surface area contributed by atoms with E-state index >= 15 is 0 Å². The van der Waals surface area contributed by atoms with Crippen LogP contribution in [0.4, 0.5) is 5.69 Å². The zero-order chi connectivity index (χ0) is 11.1. The third-order valence-electron chi connectivity index (χ3n) is 2.12. The summed E-state index contributed by atoms with van der Waals surface area (Å²) in [5.74, 6) is 0. The molecule has 2 rings (SSSR count). The number of hydrogen-bond acceptors (Lipinski definition) is 3. The van der Waals surface area contributed by atoms with Crippen LogP contribution in [0.5, 0.6) is 0 Å². The summed E-state index contributed by atoms with van der Waals surface area (Å²) < 4.78 is 31.1. The average molecular weight is 222 g/mol. The first-order valence-electron chi connectivity index (χ1n) is 4.16. The highest BCUT2D eigenvalue weighted by atomic mass is 32.2. The highest BCUT2D eigenvalue weighted by molar-refractivity contribution is 7.86. The number of fused-ring (bicyclic) bond motifs is 1. The van der Waals surface area contributed by atoms with Crippen molar-refractivity contribution in [1.29, 1.82) is 0 Å². The first-order valence-corrected chi connectivity index (χ1v) is 5.60. The predicted octanol–water partition coefficient (Wildman–Crippen LogP) is 1.47. The number of rotatable bonds is 1. The van der Waals surface area contributed by atoms with E-state index in [0.717, 1.165) is 0 Å². The molecule has 0 atom stereocenters. The molecule has 77 valence electrons. The smallest absolute Gasteiger partial charge is 0.295 e. The summed E-state index contributed by atoms with van der Waals surface area (Å²) >= 11 is 0. The van der Waals surface area contributed by atoms with Gasteiger partial charge in [0.2, 0.25) is 0 Å². The maximum absolute atomic E-state index is 11.1. The largest absolute Gasteiger partial charge is 0.398 e. The maximum Gasteiger partial charge on any atom is 0.295 e. The minimum absolute atomic E-state index is 0.138. The molecule has 0 bridgehead atoms. The topological polar surface area (TPSA) is 80.4 Å². The van der Waals surface area contributed by atoms with Crippen LogP contribution in [0.1, 0.15) is 0 Å². The quantitative estimate of drug-likeness (QED) is 0.565. The van der Waals surface area contributed by atoms with Crippen LogP contribution in [0.3, 0.4) is 0 Å². The number of anilines is 1. The van der Waals surface area contributed by atoms with E-state index in [0.29, 0.717) is 16.5 Å². The fourth-order valence-corrected chi connectivity index (χ4v) is 2.17. The predicted molar refractivity (Wildman–Crippen MR) is 57.0 cm³/mol. The average Bonchev–Trinajstić information content (AvgIpc) is 2.16. The normalized spacial score (nSPS) is 11.8. The van der Waals surface area contributed by atoms with Crippen molar-refractivity contribution in [2.45, 2.75) is 4.90 Å². The van der Waals surface area contributed by atoms with Crippen LogP contribution in [0.15, 0.2) is 35.2 Å². The Labute approximate surface area is 87.1 Å². The summed E-state index contributed by atoms with van der Waals surface area (Å²) in [5.41, 5.74) is 6.00. The lowest BCUT2D eigenvalue weighted by Crippen LogP contribution is -1.99. The molecule has 15 heavy (non-hydrogen) atoms. The second-order valence-corrected chi connectivity index (χ2v) is 4.47. The molecular formula is C10H8NO3S. The molecular weight excluding hydrogens is 214 g/mol. The summed E-state index contributed by atoms with van der Waals surface area (Å²) in [6, 6.07) is 10.4. The Hall–Kier alpha value is -1.59. The first-order chi connectivity index (χ1) is 7.00. The van der Waals surface area contributed by atoms with E-state index in [1.807, 2.05) is 0 Å². The molecule has 0 heterocycles. The van der Waals surface area contributed by atoms with E-state index in [1.54, 1.807) is 12.1 Å². The van der Waals surface area contributed by atoms with Crippen molar-refractivity contribution in [1.82, 2.24) is 0 Å². The fourth-order valence-electron chi connectivity index (χ4n) is 1.47. The van der Waals surface area contributed by atoms with Gasteiger partial charge >= 0.3 is 0 Å². The molecule has 1 radical (unpaired) electrons. The Kier molecular flexibility index (Phi) is 2.13. The van der Waals surface area contributed by atoms with Crippen molar-refractivity contribution in [2.75, 3.05) is 5.73 Å². The van der Waals surface area contributed by atoms with Gasteiger partial charge in [0.25, 0.3) is 10.1 Å². The number of benzene rings is 2. The van der Waals surface area contributed by atoms with Crippen LogP contribution in [0.2, 0.25) is 0 Å². The molecule has 0 saturated heterocycles. The summed E-state index contributed by atoms with van der Waals surface area (Å²) in [6.07, 6.45) is 0. The molecule has 0 fully saturated rings. The Bertz CT molecular complexity index is 620. The van der Waals surface area contributed by atoms with E-state index in [-0.39, 0.29) is 4.90 Å². The standard InChI is InChI=1S/C10H8NO3S/c11-9-5-1-4-8-7(9)3-2-6-10(8)15(12,13)14/h1-4,6H,11H2,(H,12,13,14). The van der Waals surface area contributed by atoms with Crippen LogP contribution in [0, 0.1) is 6.07 Å². The van der Waals surface area contributed by atoms with Crippen LogP contribution in [-0.2, 0) is 10.1 Å². The second kappa shape index (κ2) is 3.22. The fraction of sp³-hybridized carbons (Fsp3) is 0. The van der Waals surface area contributed by atoms with Gasteiger partial charge in [-0.2, -0.15) is 8.42 Å². The maximum atomic E-state index is 11.1. The van der Waals surface area contributed by atoms with E-state index in [4.69, 9.17) is 10.3 Å². The highest BCUT2D eigenvalue weighted by Gasteiger charge is 2.13. The zero-order valence-electron chi connectivity index (χ0n) is 7.64. The van der Waals surface area contributed by atoms with Gasteiger partial charge in [0.15, 0.2) is 0 Å². The zero-order valence-corrected chi connectivity index (χ0v) is 8.45. The molecule has 0 aromatic heterocycles. The van der Waals surface area contributed by atoms with E-state index in [9.17, 15) is 8.42 Å². The molecule has 0 aliphatic heterocycles. The van der Waals surface area contributed by atoms with E-state index in [2.05, 4.69) is 6.07 Å². The number of nitrogen functional groups attached to an aromatic ring is 1. The molecule has 2 aromatic carbocycles. The molecule has 0 spiro atoms. The van der Waals surface area contributed by atoms with E-state index < -0.39 is 10.1 Å². The molecule has 3 N–H and O–H groups in total. The summed E-state index contributed by atoms with van der Waals surface area (Å²) in [6.45, 7) is 0. The van der Waals surface area contributed by atoms with Gasteiger partial charge in [-0.3, -0.25) is 4.55 Å². The third kappa shape index (κ3) is 1.67. The van der Waals surface area contributed by atoms with Crippen LogP contribution in [0.25, 0.3) is 10.8 Å². The highest BCUT2D eigenvalue weighted by Crippen LogP contribution is 2.26. The Morgan fingerprint density at radius 1 is 1.20 bits per heavy atom. The molecule has 5 heteroatoms. The second-order valence-electron chi connectivity index (χ2n) is 3.08. The summed E-state index contributed by atoms with van der Waals surface area (Å²) in [4.78, 5) is -0.138. The molecule has 2 aromatic rings. The summed E-state index contributed by atoms with van der Waals surface area (Å²) in [7, 11) is -4.22. The van der Waals surface area contributed by atoms with Gasteiger partial charge in [-0.1, -0.05) is 24.3 Å². The number of nitrogens with two attached hydrogens (primary N) is 1. The van der Waals surface area contributed by atoms with Gasteiger partial charge in [0.05, 0.1) is 0 Å². The first kappa shape index (κ1) is 9.95. The van der Waals surface area contributed by atoms with Gasteiger partial charge in [-0.25, -0.2) is 0 Å². The van der Waals surface area contributed by atoms with Gasteiger partial charge in [0, 0.05) is 22.5 Å². The molecule has 0 unspecified atom stereocenters. The van der Waals surface area contributed by atoms with Crippen molar-refractivity contribution < 1.29 is 13.0 Å². The van der Waals surface area contributed by atoms with Crippen molar-refractivity contribution in [3.8, 4) is 0 Å². The minimum Gasteiger partial charge on any atom is -0.398 e. The molecule has 4 nitrogen and oxygen atoms in total. The lowest BCUT2D eigenvalue weighted by molar-refractivity contribution is 0.484. The molecule has 0 aliphatic rings. The van der Waals surface area contributed by atoms with Crippen molar-refractivity contribution in [3.63, 3.8) is 0 Å². The molecule has 0 saturated carbocycles. The van der Waals surface area contributed by atoms with Crippen molar-refractivity contribution in [2.24, 2.45) is 0 Å². The van der Waals surface area contributed by atoms with Crippen molar-refractivity contribution >= 4 is 26.6 Å². The van der Waals surface area contributed by atoms with Crippen LogP contribution < -0.4 is 5.73 Å². The molecule has 0 aliphatic carbocycles. The van der Waals surface area contributed by atoms with Crippen molar-refractivity contribution in [3.05, 3.63) is 36.4 Å². The summed E-state index contributed by atoms with van der Waals surface area (Å²) in [5, 5.41) is 0.962. The lowest BCUT2D eigenvalue weighted by Gasteiger charge is -2.04. The Balaban J connectivity index is 2.96. The van der Waals surface area contributed by atoms with Gasteiger partial charge in [-0.05, 0) is 6.07 Å². The van der Waals surface area contributed by atoms with Gasteiger partial charge in [0.1, 0.15) is 4.90 Å². The lowest BCUT2D eigenvalue weighted by atomic mass is 10.1. The van der Waals surface area contributed by atoms with Gasteiger partial charge < -0.3 is 5.73 Å². The molecule has 0 amide bonds. The van der Waals surface area contributed by atoms with E-state index in [1.165, 1.54) is 18.2 Å². The minimum atomic E-state index is -4.22. The van der Waals surface area contributed by atoms with Crippen LogP contribution >= 0.6 is 0 Å². The van der Waals surface area contributed by atoms with Crippen LogP contribution in [-0.4, -0.2) is 13.0 Å². The number of hydrogen-bond donors (Lipinski definition) is 2. The SMILES string of the molecule is Nc1[c]ccc2c(S(=O)(=O)O)cccc12.